The molecule has 21 heavy (non-hydrogen) atoms. The van der Waals surface area contributed by atoms with Crippen LogP contribution in [0.3, 0.4) is 0 Å². The van der Waals surface area contributed by atoms with Crippen molar-refractivity contribution in [1.82, 2.24) is 0 Å². The van der Waals surface area contributed by atoms with Crippen molar-refractivity contribution in [3.63, 3.8) is 0 Å². The molecule has 1 aliphatic heterocycles. The highest BCUT2D eigenvalue weighted by Gasteiger charge is 2.37. The Hall–Kier alpha value is -1.80. The lowest BCUT2D eigenvalue weighted by Crippen LogP contribution is -2.23. The van der Waals surface area contributed by atoms with E-state index in [2.05, 4.69) is 4.74 Å². The Morgan fingerprint density at radius 3 is 2.48 bits per heavy atom. The lowest BCUT2D eigenvalue weighted by molar-refractivity contribution is -0.122. The number of hydrogen-bond acceptors (Lipinski definition) is 3. The third-order valence-corrected chi connectivity index (χ3v) is 3.94. The highest BCUT2D eigenvalue weighted by atomic mass is 32.2. The lowest BCUT2D eigenvalue weighted by atomic mass is 9.96. The van der Waals surface area contributed by atoms with Crippen LogP contribution in [0, 0.1) is 0 Å². The molecule has 0 saturated heterocycles. The summed E-state index contributed by atoms with van der Waals surface area (Å²) in [6.07, 6.45) is 2.16. The van der Waals surface area contributed by atoms with Crippen molar-refractivity contribution in [3.8, 4) is 0 Å². The molecule has 8 heteroatoms. The monoisotopic (exact) mass is 320 g/mol. The first-order chi connectivity index (χ1) is 9.59. The van der Waals surface area contributed by atoms with E-state index in [1.807, 2.05) is 0 Å². The molecule has 114 valence electrons. The van der Waals surface area contributed by atoms with Gasteiger partial charge in [-0.05, 0) is 30.2 Å². The predicted molar refractivity (Wildman–Crippen MR) is 69.6 cm³/mol. The molecule has 0 saturated carbocycles. The van der Waals surface area contributed by atoms with Crippen molar-refractivity contribution < 1.29 is 30.9 Å². The van der Waals surface area contributed by atoms with Gasteiger partial charge in [-0.2, -0.15) is 21.6 Å². The molecule has 2 rings (SSSR count). The summed E-state index contributed by atoms with van der Waals surface area (Å²) in [5.74, 6) is -1.25. The first-order valence-electron chi connectivity index (χ1n) is 5.78. The minimum Gasteiger partial charge on any atom is -0.460 e. The lowest BCUT2D eigenvalue weighted by Gasteiger charge is -2.20. The fourth-order valence-electron chi connectivity index (χ4n) is 1.96. The minimum atomic E-state index is -4.69. The van der Waals surface area contributed by atoms with E-state index in [0.717, 1.165) is 6.26 Å². The van der Waals surface area contributed by atoms with E-state index in [9.17, 15) is 26.1 Å². The summed E-state index contributed by atoms with van der Waals surface area (Å²) in [7, 11) is -4.48. The number of halogens is 3. The molecule has 0 amide bonds. The zero-order chi connectivity index (χ0) is 15.8. The van der Waals surface area contributed by atoms with Gasteiger partial charge in [0.05, 0.1) is 6.26 Å². The number of alkyl halides is 3. The summed E-state index contributed by atoms with van der Waals surface area (Å²) >= 11 is 0. The fourth-order valence-corrected chi connectivity index (χ4v) is 2.76. The summed E-state index contributed by atoms with van der Waals surface area (Å²) in [4.78, 5) is 0. The summed E-state index contributed by atoms with van der Waals surface area (Å²) < 4.78 is 74.3. The van der Waals surface area contributed by atoms with Crippen LogP contribution in [0.2, 0.25) is 0 Å². The third-order valence-electron chi connectivity index (χ3n) is 2.89. The average molecular weight is 320 g/mol. The molecule has 0 fully saturated rings. The van der Waals surface area contributed by atoms with Gasteiger partial charge in [0.25, 0.3) is 10.1 Å². The van der Waals surface area contributed by atoms with Gasteiger partial charge in [-0.3, -0.25) is 4.55 Å². The van der Waals surface area contributed by atoms with Gasteiger partial charge in [0.2, 0.25) is 5.76 Å². The zero-order valence-electron chi connectivity index (χ0n) is 10.8. The molecule has 1 aliphatic carbocycles. The smallest absolute Gasteiger partial charge is 0.449 e. The van der Waals surface area contributed by atoms with E-state index < -0.39 is 27.3 Å². The largest absolute Gasteiger partial charge is 0.460 e. The number of rotatable bonds is 1. The van der Waals surface area contributed by atoms with Crippen LogP contribution >= 0.6 is 0 Å². The van der Waals surface area contributed by atoms with Crippen LogP contribution in [-0.4, -0.2) is 24.4 Å². The third kappa shape index (κ3) is 3.45. The summed E-state index contributed by atoms with van der Waals surface area (Å²) in [5, 5.41) is -1.41. The maximum atomic E-state index is 12.6. The molecular weight excluding hydrogens is 309 g/mol. The second-order valence-electron chi connectivity index (χ2n) is 4.52. The zero-order valence-corrected chi connectivity index (χ0v) is 11.6. The normalized spacial score (nSPS) is 26.2. The van der Waals surface area contributed by atoms with Gasteiger partial charge in [-0.25, -0.2) is 0 Å². The van der Waals surface area contributed by atoms with Gasteiger partial charge in [-0.1, -0.05) is 23.8 Å². The second-order valence-corrected chi connectivity index (χ2v) is 6.06. The Labute approximate surface area is 119 Å². The van der Waals surface area contributed by atoms with Crippen LogP contribution in [0.5, 0.6) is 0 Å². The van der Waals surface area contributed by atoms with Crippen molar-refractivity contribution in [2.24, 2.45) is 0 Å². The molecule has 0 radical (unpaired) electrons. The van der Waals surface area contributed by atoms with Gasteiger partial charge in [0, 0.05) is 0 Å². The molecule has 0 spiro atoms. The van der Waals surface area contributed by atoms with E-state index in [1.54, 1.807) is 6.92 Å². The molecule has 0 aromatic heterocycles. The number of hydrogen-bond donors (Lipinski definition) is 1. The molecular formula is C13H11F3O4S. The maximum absolute atomic E-state index is 12.6. The molecule has 0 aromatic rings. The molecule has 2 aliphatic rings. The Morgan fingerprint density at radius 1 is 1.24 bits per heavy atom. The van der Waals surface area contributed by atoms with Crippen molar-refractivity contribution in [1.29, 1.82) is 0 Å². The first kappa shape index (κ1) is 15.6. The SMILES string of the molecule is CC1=CC(=C2C=COC(C(F)(F)F)=C2)C(S(=O)(=O)O)C=C1. The van der Waals surface area contributed by atoms with Crippen molar-refractivity contribution >= 4 is 10.1 Å². The van der Waals surface area contributed by atoms with Gasteiger partial charge >= 0.3 is 6.18 Å². The number of ether oxygens (including phenoxy) is 1. The fraction of sp³-hybridized carbons (Fsp3) is 0.231. The van der Waals surface area contributed by atoms with Crippen molar-refractivity contribution in [2.75, 3.05) is 0 Å². The Bertz CT molecular complexity index is 706. The van der Waals surface area contributed by atoms with Gasteiger partial charge in [0.15, 0.2) is 0 Å². The van der Waals surface area contributed by atoms with Crippen LogP contribution in [0.25, 0.3) is 0 Å². The molecule has 1 N–H and O–H groups in total. The first-order valence-corrected chi connectivity index (χ1v) is 7.28. The van der Waals surface area contributed by atoms with Crippen LogP contribution in [0.15, 0.2) is 59.1 Å². The van der Waals surface area contributed by atoms with Crippen molar-refractivity contribution in [3.05, 3.63) is 59.1 Å². The highest BCUT2D eigenvalue weighted by molar-refractivity contribution is 7.86. The molecule has 1 unspecified atom stereocenters. The van der Waals surface area contributed by atoms with E-state index in [-0.39, 0.29) is 11.1 Å². The average Bonchev–Trinajstić information content (AvgIpc) is 2.36. The van der Waals surface area contributed by atoms with E-state index in [1.165, 1.54) is 24.3 Å². The van der Waals surface area contributed by atoms with Crippen LogP contribution in [0.4, 0.5) is 13.2 Å². The molecule has 0 aromatic carbocycles. The second kappa shape index (κ2) is 5.19. The summed E-state index contributed by atoms with van der Waals surface area (Å²) in [6, 6.07) is 0. The molecule has 4 nitrogen and oxygen atoms in total. The minimum absolute atomic E-state index is 0.0138. The molecule has 0 bridgehead atoms. The summed E-state index contributed by atoms with van der Waals surface area (Å²) in [6.45, 7) is 1.66. The molecule has 1 atom stereocenters. The van der Waals surface area contributed by atoms with Gasteiger partial charge in [-0.15, -0.1) is 0 Å². The standard InChI is InChI=1S/C13H11F3O4S/c1-8-2-3-11(21(17,18)19)10(6-8)9-4-5-20-12(7-9)13(14,15)16/h2-7,11H,1H3,(H,17,18,19). The Morgan fingerprint density at radius 2 is 1.90 bits per heavy atom. The van der Waals surface area contributed by atoms with E-state index >= 15 is 0 Å². The van der Waals surface area contributed by atoms with E-state index in [4.69, 9.17) is 0 Å². The predicted octanol–water partition coefficient (Wildman–Crippen LogP) is 3.05. The van der Waals surface area contributed by atoms with Gasteiger partial charge in [0.1, 0.15) is 5.25 Å². The summed E-state index contributed by atoms with van der Waals surface area (Å²) in [5.41, 5.74) is 0.720. The van der Waals surface area contributed by atoms with Crippen LogP contribution in [-0.2, 0) is 14.9 Å². The Kier molecular flexibility index (Phi) is 3.85. The van der Waals surface area contributed by atoms with Crippen LogP contribution in [0.1, 0.15) is 6.92 Å². The number of allylic oxidation sites excluding steroid dienone is 7. The van der Waals surface area contributed by atoms with Crippen LogP contribution < -0.4 is 0 Å². The molecule has 1 heterocycles. The van der Waals surface area contributed by atoms with E-state index in [0.29, 0.717) is 11.6 Å². The maximum Gasteiger partial charge on any atom is 0.449 e. The Balaban J connectivity index is 2.59. The topological polar surface area (TPSA) is 63.6 Å². The van der Waals surface area contributed by atoms with Crippen molar-refractivity contribution in [2.45, 2.75) is 18.3 Å². The van der Waals surface area contributed by atoms with Gasteiger partial charge < -0.3 is 4.74 Å². The highest BCUT2D eigenvalue weighted by Crippen LogP contribution is 2.33. The quantitative estimate of drug-likeness (QED) is 0.754.